The van der Waals surface area contributed by atoms with E-state index in [9.17, 15) is 0 Å². The van der Waals surface area contributed by atoms with E-state index in [1.165, 1.54) is 11.1 Å². The highest BCUT2D eigenvalue weighted by molar-refractivity contribution is 7.90. The van der Waals surface area contributed by atoms with Crippen molar-refractivity contribution in [2.75, 3.05) is 6.54 Å². The minimum atomic E-state index is 0.533. The lowest BCUT2D eigenvalue weighted by molar-refractivity contribution is 0.325. The third-order valence-electron chi connectivity index (χ3n) is 7.94. The summed E-state index contributed by atoms with van der Waals surface area (Å²) in [6.45, 7) is 11.1. The topological polar surface area (TPSA) is 21.6 Å². The van der Waals surface area contributed by atoms with Gasteiger partial charge in [0.15, 0.2) is 5.76 Å². The number of hydrogen-bond donors (Lipinski definition) is 2. The van der Waals surface area contributed by atoms with Gasteiger partial charge in [-0.1, -0.05) is 105 Å². The predicted molar refractivity (Wildman–Crippen MR) is 192 cm³/mol. The molecule has 5 rings (SSSR count). The summed E-state index contributed by atoms with van der Waals surface area (Å²) in [7, 11) is 0. The van der Waals surface area contributed by atoms with Crippen LogP contribution in [0.15, 0.2) is 124 Å². The van der Waals surface area contributed by atoms with E-state index in [2.05, 4.69) is 106 Å². The van der Waals surface area contributed by atoms with Crippen LogP contribution in [0, 0.1) is 12.8 Å². The molecule has 0 fully saturated rings. The summed E-state index contributed by atoms with van der Waals surface area (Å²) < 4.78 is 6.50. The zero-order valence-electron chi connectivity index (χ0n) is 25.4. The Morgan fingerprint density at radius 3 is 2.65 bits per heavy atom. The van der Waals surface area contributed by atoms with E-state index in [4.69, 9.17) is 35.0 Å². The Balaban J connectivity index is 1.56. The first-order valence-electron chi connectivity index (χ1n) is 15.2. The lowest BCUT2D eigenvalue weighted by Crippen LogP contribution is -2.05. The molecule has 3 aliphatic rings. The molecule has 2 aliphatic carbocycles. The fourth-order valence-electron chi connectivity index (χ4n) is 5.51. The van der Waals surface area contributed by atoms with Crippen LogP contribution in [-0.2, 0) is 4.74 Å². The summed E-state index contributed by atoms with van der Waals surface area (Å²) in [5.74, 6) is 2.27. The van der Waals surface area contributed by atoms with Crippen molar-refractivity contribution < 1.29 is 4.74 Å². The van der Waals surface area contributed by atoms with Crippen molar-refractivity contribution >= 4 is 47.5 Å². The largest absolute Gasteiger partial charge is 0.458 e. The number of aliphatic imine (C=N–C) groups is 1. The molecule has 0 aromatic heterocycles. The predicted octanol–water partition coefficient (Wildman–Crippen LogP) is 10.9. The molecule has 220 valence electrons. The molecule has 1 aliphatic heterocycles. The first kappa shape index (κ1) is 31.0. The second-order valence-corrected chi connectivity index (χ2v) is 12.5. The monoisotopic (exact) mass is 603 g/mol. The van der Waals surface area contributed by atoms with E-state index in [1.54, 1.807) is 6.08 Å². The van der Waals surface area contributed by atoms with Crippen LogP contribution in [0.2, 0.25) is 0 Å². The average molecular weight is 604 g/mol. The minimum Gasteiger partial charge on any atom is -0.458 e. The Hall–Kier alpha value is -3.47. The zero-order valence-corrected chi connectivity index (χ0v) is 27.2. The van der Waals surface area contributed by atoms with Gasteiger partial charge in [-0.25, -0.2) is 0 Å². The second-order valence-electron chi connectivity index (χ2n) is 11.6. The number of thiol groups is 2. The van der Waals surface area contributed by atoms with Crippen LogP contribution >= 0.6 is 25.3 Å². The van der Waals surface area contributed by atoms with Crippen molar-refractivity contribution in [2.24, 2.45) is 10.9 Å². The number of rotatable bonds is 9. The standard InChI is InChI=1S/C39H41NOS2/c1-5-6-15-29-21-23-33(38(42)27(29)4)32(22-20-26(2)3)30-16-12-17-31(24-30)39(43)37-36(34-18-10-11-19-35(34)41-37)40-25-28-13-8-7-9-14-28/h5-6,8,10,12-18,21-24,26,42-43H,1,7,9,11,19-20,25H2,2-4H3/b15-6-,32-22-,39-37+,40-36-. The molecule has 0 atom stereocenters. The van der Waals surface area contributed by atoms with Crippen LogP contribution in [0.4, 0.5) is 0 Å². The third kappa shape index (κ3) is 7.20. The fraction of sp³-hybridized carbons (Fsp3) is 0.256. The normalized spacial score (nSPS) is 18.9. The van der Waals surface area contributed by atoms with Crippen LogP contribution in [-0.4, -0.2) is 12.3 Å². The molecule has 2 aromatic rings. The van der Waals surface area contributed by atoms with E-state index in [0.29, 0.717) is 12.5 Å². The van der Waals surface area contributed by atoms with E-state index < -0.39 is 0 Å². The smallest absolute Gasteiger partial charge is 0.166 e. The lowest BCUT2D eigenvalue weighted by atomic mass is 9.91. The Bertz CT molecular complexity index is 1660. The van der Waals surface area contributed by atoms with Gasteiger partial charge in [0.2, 0.25) is 0 Å². The molecular formula is C39H41NOS2. The molecule has 1 heterocycles. The van der Waals surface area contributed by atoms with Gasteiger partial charge in [-0.15, -0.1) is 25.3 Å². The molecule has 0 N–H and O–H groups in total. The van der Waals surface area contributed by atoms with Crippen LogP contribution in [0.25, 0.3) is 16.6 Å². The summed E-state index contributed by atoms with van der Waals surface area (Å²) in [5, 5.41) is 0. The molecule has 0 amide bonds. The molecule has 0 spiro atoms. The van der Waals surface area contributed by atoms with E-state index >= 15 is 0 Å². The highest BCUT2D eigenvalue weighted by atomic mass is 32.1. The van der Waals surface area contributed by atoms with Crippen LogP contribution in [0.3, 0.4) is 0 Å². The molecule has 0 saturated carbocycles. The molecule has 2 nitrogen and oxygen atoms in total. The van der Waals surface area contributed by atoms with Crippen molar-refractivity contribution in [3.8, 4) is 0 Å². The van der Waals surface area contributed by atoms with Crippen molar-refractivity contribution in [1.82, 2.24) is 0 Å². The van der Waals surface area contributed by atoms with Crippen LogP contribution < -0.4 is 0 Å². The number of allylic oxidation sites excluding steroid dienone is 9. The van der Waals surface area contributed by atoms with Gasteiger partial charge in [0, 0.05) is 16.9 Å². The summed E-state index contributed by atoms with van der Waals surface area (Å²) in [4.78, 5) is 6.87. The summed E-state index contributed by atoms with van der Waals surface area (Å²) in [6.07, 6.45) is 24.2. The third-order valence-corrected chi connectivity index (χ3v) is 8.98. The molecule has 43 heavy (non-hydrogen) atoms. The second kappa shape index (κ2) is 14.3. The zero-order chi connectivity index (χ0) is 30.3. The average Bonchev–Trinajstić information content (AvgIpc) is 3.40. The van der Waals surface area contributed by atoms with Gasteiger partial charge in [-0.2, -0.15) is 0 Å². The van der Waals surface area contributed by atoms with Crippen molar-refractivity contribution in [2.45, 2.75) is 57.8 Å². The summed E-state index contributed by atoms with van der Waals surface area (Å²) in [5.41, 5.74) is 9.95. The number of benzene rings is 2. The van der Waals surface area contributed by atoms with Crippen molar-refractivity contribution in [3.05, 3.63) is 142 Å². The van der Waals surface area contributed by atoms with Crippen LogP contribution in [0.1, 0.15) is 73.8 Å². The molecule has 0 bridgehead atoms. The quantitative estimate of drug-likeness (QED) is 0.216. The highest BCUT2D eigenvalue weighted by Gasteiger charge is 2.30. The molecular weight excluding hydrogens is 563 g/mol. The van der Waals surface area contributed by atoms with Gasteiger partial charge >= 0.3 is 0 Å². The Morgan fingerprint density at radius 1 is 1.07 bits per heavy atom. The minimum absolute atomic E-state index is 0.533. The van der Waals surface area contributed by atoms with Gasteiger partial charge in [0.1, 0.15) is 11.5 Å². The molecule has 4 heteroatoms. The fourth-order valence-corrected chi connectivity index (χ4v) is 6.13. The van der Waals surface area contributed by atoms with E-state index in [-0.39, 0.29) is 0 Å². The highest BCUT2D eigenvalue weighted by Crippen LogP contribution is 2.40. The Kier molecular flexibility index (Phi) is 10.3. The number of ether oxygens (including phenoxy) is 1. The Morgan fingerprint density at radius 2 is 1.88 bits per heavy atom. The maximum atomic E-state index is 6.50. The Labute approximate surface area is 268 Å². The van der Waals surface area contributed by atoms with E-state index in [1.807, 2.05) is 6.08 Å². The summed E-state index contributed by atoms with van der Waals surface area (Å²) >= 11 is 10.1. The van der Waals surface area contributed by atoms with Gasteiger partial charge < -0.3 is 4.74 Å². The van der Waals surface area contributed by atoms with Crippen molar-refractivity contribution in [1.29, 1.82) is 0 Å². The SMILES string of the molecule is C=C/C=C\c1ccc(/C(=C\CC(C)C)c2cccc(/C(S)=C3\OC4=C(C=CCC4)\C3=N\CC3=CCCC=C3)c2)c(S)c1C. The van der Waals surface area contributed by atoms with Crippen LogP contribution in [0.5, 0.6) is 0 Å². The van der Waals surface area contributed by atoms with E-state index in [0.717, 1.165) is 92.5 Å². The molecule has 0 saturated heterocycles. The first-order chi connectivity index (χ1) is 20.9. The first-order valence-corrected chi connectivity index (χ1v) is 16.1. The maximum Gasteiger partial charge on any atom is 0.166 e. The van der Waals surface area contributed by atoms with Gasteiger partial charge in [-0.3, -0.25) is 4.99 Å². The lowest BCUT2D eigenvalue weighted by Gasteiger charge is -2.17. The van der Waals surface area contributed by atoms with Crippen molar-refractivity contribution in [3.63, 3.8) is 0 Å². The van der Waals surface area contributed by atoms with Gasteiger partial charge in [0.05, 0.1) is 11.4 Å². The summed E-state index contributed by atoms with van der Waals surface area (Å²) in [6, 6.07) is 13.0. The molecule has 2 aromatic carbocycles. The molecule has 0 unspecified atom stereocenters. The molecule has 0 radical (unpaired) electrons. The number of hydrogen-bond acceptors (Lipinski definition) is 4. The maximum absolute atomic E-state index is 6.50. The van der Waals surface area contributed by atoms with Gasteiger partial charge in [0.25, 0.3) is 0 Å². The van der Waals surface area contributed by atoms with Gasteiger partial charge in [-0.05, 0) is 83.6 Å². The number of nitrogens with zero attached hydrogens (tertiary/aromatic N) is 1.